The zero-order valence-corrected chi connectivity index (χ0v) is 9.21. The SMILES string of the molecule is CC#CC(=O)N1CCN(C(C)C)CC1. The fourth-order valence-corrected chi connectivity index (χ4v) is 1.63. The number of carbonyl (C=O) groups is 1. The summed E-state index contributed by atoms with van der Waals surface area (Å²) >= 11 is 0. The summed E-state index contributed by atoms with van der Waals surface area (Å²) in [6, 6.07) is 0.574. The van der Waals surface area contributed by atoms with E-state index in [1.165, 1.54) is 0 Å². The summed E-state index contributed by atoms with van der Waals surface area (Å²) in [7, 11) is 0. The largest absolute Gasteiger partial charge is 0.329 e. The molecule has 78 valence electrons. The predicted molar refractivity (Wildman–Crippen MR) is 56.7 cm³/mol. The van der Waals surface area contributed by atoms with Crippen LogP contribution in [-0.4, -0.2) is 47.9 Å². The standard InChI is InChI=1S/C11H18N2O/c1-4-5-11(14)13-8-6-12(7-9-13)10(2)3/h10H,6-9H2,1-3H3. The zero-order chi connectivity index (χ0) is 10.6. The molecule has 0 spiro atoms. The number of hydrogen-bond acceptors (Lipinski definition) is 2. The van der Waals surface area contributed by atoms with Gasteiger partial charge in [0.15, 0.2) is 0 Å². The van der Waals surface area contributed by atoms with E-state index in [0.29, 0.717) is 6.04 Å². The number of nitrogens with zero attached hydrogens (tertiary/aromatic N) is 2. The number of piperazine rings is 1. The van der Waals surface area contributed by atoms with Gasteiger partial charge in [-0.05, 0) is 26.7 Å². The van der Waals surface area contributed by atoms with Crippen molar-refractivity contribution >= 4 is 5.91 Å². The quantitative estimate of drug-likeness (QED) is 0.570. The first kappa shape index (κ1) is 11.1. The van der Waals surface area contributed by atoms with E-state index in [4.69, 9.17) is 0 Å². The maximum atomic E-state index is 11.4. The van der Waals surface area contributed by atoms with Gasteiger partial charge in [-0.15, -0.1) is 0 Å². The second kappa shape index (κ2) is 5.02. The molecular formula is C11H18N2O. The number of rotatable bonds is 1. The number of hydrogen-bond donors (Lipinski definition) is 0. The Morgan fingerprint density at radius 2 is 1.79 bits per heavy atom. The lowest BCUT2D eigenvalue weighted by atomic mass is 10.2. The van der Waals surface area contributed by atoms with Crippen molar-refractivity contribution in [3.05, 3.63) is 0 Å². The first-order valence-corrected chi connectivity index (χ1v) is 5.11. The highest BCUT2D eigenvalue weighted by Crippen LogP contribution is 2.05. The molecule has 1 rings (SSSR count). The molecule has 1 aliphatic rings. The summed E-state index contributed by atoms with van der Waals surface area (Å²) in [5.74, 6) is 5.19. The van der Waals surface area contributed by atoms with E-state index in [2.05, 4.69) is 30.6 Å². The molecule has 3 nitrogen and oxygen atoms in total. The minimum absolute atomic E-state index is 0.0316. The van der Waals surface area contributed by atoms with Gasteiger partial charge in [-0.2, -0.15) is 0 Å². The lowest BCUT2D eigenvalue weighted by molar-refractivity contribution is -0.127. The molecule has 1 amide bonds. The van der Waals surface area contributed by atoms with Gasteiger partial charge in [-0.1, -0.05) is 5.92 Å². The summed E-state index contributed by atoms with van der Waals surface area (Å²) in [4.78, 5) is 15.6. The molecule has 1 saturated heterocycles. The summed E-state index contributed by atoms with van der Waals surface area (Å²) in [6.07, 6.45) is 0. The van der Waals surface area contributed by atoms with E-state index < -0.39 is 0 Å². The van der Waals surface area contributed by atoms with Crippen LogP contribution < -0.4 is 0 Å². The van der Waals surface area contributed by atoms with Crippen molar-refractivity contribution in [2.45, 2.75) is 26.8 Å². The average molecular weight is 194 g/mol. The third-order valence-corrected chi connectivity index (χ3v) is 2.56. The highest BCUT2D eigenvalue weighted by Gasteiger charge is 2.20. The number of carbonyl (C=O) groups excluding carboxylic acids is 1. The second-order valence-electron chi connectivity index (χ2n) is 3.80. The van der Waals surface area contributed by atoms with Crippen LogP contribution in [0.4, 0.5) is 0 Å². The van der Waals surface area contributed by atoms with E-state index in [0.717, 1.165) is 26.2 Å². The Kier molecular flexibility index (Phi) is 3.97. The molecule has 0 atom stereocenters. The molecule has 0 aromatic rings. The molecule has 1 heterocycles. The molecule has 0 N–H and O–H groups in total. The smallest absolute Gasteiger partial charge is 0.298 e. The number of amides is 1. The van der Waals surface area contributed by atoms with E-state index in [1.807, 2.05) is 4.90 Å². The van der Waals surface area contributed by atoms with Crippen LogP contribution >= 0.6 is 0 Å². The van der Waals surface area contributed by atoms with Crippen molar-refractivity contribution in [3.63, 3.8) is 0 Å². The lowest BCUT2D eigenvalue weighted by Gasteiger charge is -2.36. The van der Waals surface area contributed by atoms with E-state index >= 15 is 0 Å². The minimum Gasteiger partial charge on any atom is -0.329 e. The van der Waals surface area contributed by atoms with Crippen LogP contribution in [0.5, 0.6) is 0 Å². The maximum Gasteiger partial charge on any atom is 0.298 e. The van der Waals surface area contributed by atoms with Crippen molar-refractivity contribution in [1.82, 2.24) is 9.80 Å². The molecule has 0 aromatic heterocycles. The van der Waals surface area contributed by atoms with Crippen LogP contribution in [0.15, 0.2) is 0 Å². The highest BCUT2D eigenvalue weighted by atomic mass is 16.2. The Morgan fingerprint density at radius 3 is 2.21 bits per heavy atom. The van der Waals surface area contributed by atoms with Crippen LogP contribution in [0.25, 0.3) is 0 Å². The van der Waals surface area contributed by atoms with Crippen molar-refractivity contribution in [3.8, 4) is 11.8 Å². The molecule has 14 heavy (non-hydrogen) atoms. The predicted octanol–water partition coefficient (Wildman–Crippen LogP) is 0.562. The fraction of sp³-hybridized carbons (Fsp3) is 0.727. The molecule has 0 aromatic carbocycles. The maximum absolute atomic E-state index is 11.4. The van der Waals surface area contributed by atoms with E-state index in [9.17, 15) is 4.79 Å². The Hall–Kier alpha value is -1.01. The first-order valence-electron chi connectivity index (χ1n) is 5.11. The van der Waals surface area contributed by atoms with Gasteiger partial charge >= 0.3 is 0 Å². The topological polar surface area (TPSA) is 23.6 Å². The Morgan fingerprint density at radius 1 is 1.21 bits per heavy atom. The van der Waals surface area contributed by atoms with E-state index in [1.54, 1.807) is 6.92 Å². The van der Waals surface area contributed by atoms with Crippen LogP contribution in [0.1, 0.15) is 20.8 Å². The van der Waals surface area contributed by atoms with Gasteiger partial charge in [-0.3, -0.25) is 9.69 Å². The molecular weight excluding hydrogens is 176 g/mol. The van der Waals surface area contributed by atoms with Crippen molar-refractivity contribution in [1.29, 1.82) is 0 Å². The van der Waals surface area contributed by atoms with Gasteiger partial charge in [0.05, 0.1) is 0 Å². The first-order chi connectivity index (χ1) is 6.65. The second-order valence-corrected chi connectivity index (χ2v) is 3.80. The monoisotopic (exact) mass is 194 g/mol. The molecule has 0 bridgehead atoms. The molecule has 1 aliphatic heterocycles. The summed E-state index contributed by atoms with van der Waals surface area (Å²) < 4.78 is 0. The van der Waals surface area contributed by atoms with Gasteiger partial charge in [-0.25, -0.2) is 0 Å². The van der Waals surface area contributed by atoms with Crippen molar-refractivity contribution < 1.29 is 4.79 Å². The zero-order valence-electron chi connectivity index (χ0n) is 9.21. The van der Waals surface area contributed by atoms with Gasteiger partial charge in [0, 0.05) is 32.2 Å². The van der Waals surface area contributed by atoms with Gasteiger partial charge < -0.3 is 4.90 Å². The normalized spacial score (nSPS) is 17.9. The molecule has 0 unspecified atom stereocenters. The Labute approximate surface area is 86.1 Å². The summed E-state index contributed by atoms with van der Waals surface area (Å²) in [6.45, 7) is 9.62. The van der Waals surface area contributed by atoms with Crippen LogP contribution in [0, 0.1) is 11.8 Å². The Balaban J connectivity index is 2.42. The van der Waals surface area contributed by atoms with Crippen LogP contribution in [0.2, 0.25) is 0 Å². The van der Waals surface area contributed by atoms with Gasteiger partial charge in [0.1, 0.15) is 0 Å². The third-order valence-electron chi connectivity index (χ3n) is 2.56. The molecule has 0 saturated carbocycles. The van der Waals surface area contributed by atoms with Crippen LogP contribution in [-0.2, 0) is 4.79 Å². The summed E-state index contributed by atoms with van der Waals surface area (Å²) in [5, 5.41) is 0. The Bertz CT molecular complexity index is 254. The van der Waals surface area contributed by atoms with Crippen LogP contribution in [0.3, 0.4) is 0 Å². The van der Waals surface area contributed by atoms with Gasteiger partial charge in [0.25, 0.3) is 5.91 Å². The molecule has 0 radical (unpaired) electrons. The van der Waals surface area contributed by atoms with Gasteiger partial charge in [0.2, 0.25) is 0 Å². The van der Waals surface area contributed by atoms with Crippen molar-refractivity contribution in [2.75, 3.05) is 26.2 Å². The molecule has 0 aliphatic carbocycles. The summed E-state index contributed by atoms with van der Waals surface area (Å²) in [5.41, 5.74) is 0. The fourth-order valence-electron chi connectivity index (χ4n) is 1.63. The minimum atomic E-state index is -0.0316. The van der Waals surface area contributed by atoms with E-state index in [-0.39, 0.29) is 5.91 Å². The average Bonchev–Trinajstić information content (AvgIpc) is 2.18. The lowest BCUT2D eigenvalue weighted by Crippen LogP contribution is -2.50. The van der Waals surface area contributed by atoms with Crippen molar-refractivity contribution in [2.24, 2.45) is 0 Å². The highest BCUT2D eigenvalue weighted by molar-refractivity contribution is 5.93. The molecule has 1 fully saturated rings. The molecule has 3 heteroatoms. The third kappa shape index (κ3) is 2.74.